The van der Waals surface area contributed by atoms with Gasteiger partial charge >= 0.3 is 0 Å². The second-order valence-electron chi connectivity index (χ2n) is 7.06. The van der Waals surface area contributed by atoms with Crippen LogP contribution in [-0.4, -0.2) is 21.1 Å². The van der Waals surface area contributed by atoms with E-state index in [0.29, 0.717) is 35.4 Å². The van der Waals surface area contributed by atoms with Crippen molar-refractivity contribution < 1.29 is 9.90 Å². The monoisotopic (exact) mass is 457 g/mol. The SMILES string of the molecule is O=C1C[C@@H](c2cccs2)CC2=C1[C@@H](c1cc(Br)ccc1O)c1c([nH][nH]c1=O)N2. The number of fused-ring (bicyclic) bond motifs is 1. The number of carbonyl (C=O) groups excluding carboxylic acids is 1. The van der Waals surface area contributed by atoms with Gasteiger partial charge in [-0.05, 0) is 36.1 Å². The summed E-state index contributed by atoms with van der Waals surface area (Å²) in [5, 5.41) is 21.3. The summed E-state index contributed by atoms with van der Waals surface area (Å²) in [6.45, 7) is 0. The average molecular weight is 458 g/mol. The van der Waals surface area contributed by atoms with E-state index in [1.54, 1.807) is 29.5 Å². The molecule has 4 N–H and O–H groups in total. The van der Waals surface area contributed by atoms with Gasteiger partial charge in [0, 0.05) is 38.5 Å². The molecule has 0 amide bonds. The summed E-state index contributed by atoms with van der Waals surface area (Å²) in [4.78, 5) is 26.9. The van der Waals surface area contributed by atoms with Gasteiger partial charge in [0.05, 0.1) is 11.5 Å². The number of nitrogens with one attached hydrogen (secondary N) is 3. The molecule has 2 atom stereocenters. The highest BCUT2D eigenvalue weighted by atomic mass is 79.9. The van der Waals surface area contributed by atoms with Crippen molar-refractivity contribution in [3.8, 4) is 5.75 Å². The van der Waals surface area contributed by atoms with E-state index in [2.05, 4.69) is 37.5 Å². The smallest absolute Gasteiger partial charge is 0.270 e. The zero-order chi connectivity index (χ0) is 19.4. The molecule has 6 nitrogen and oxygen atoms in total. The maximum absolute atomic E-state index is 13.2. The van der Waals surface area contributed by atoms with Crippen molar-refractivity contribution in [3.63, 3.8) is 0 Å². The number of carbonyl (C=O) groups is 1. The third-order valence-electron chi connectivity index (χ3n) is 5.42. The third-order valence-corrected chi connectivity index (χ3v) is 6.95. The van der Waals surface area contributed by atoms with Crippen molar-refractivity contribution in [1.82, 2.24) is 10.2 Å². The van der Waals surface area contributed by atoms with Crippen LogP contribution in [0.3, 0.4) is 0 Å². The van der Waals surface area contributed by atoms with E-state index < -0.39 is 5.92 Å². The maximum atomic E-state index is 13.2. The summed E-state index contributed by atoms with van der Waals surface area (Å²) < 4.78 is 0.772. The molecule has 3 aromatic rings. The molecule has 28 heavy (non-hydrogen) atoms. The first-order valence-electron chi connectivity index (χ1n) is 8.88. The van der Waals surface area contributed by atoms with E-state index in [1.165, 1.54) is 4.88 Å². The number of phenols is 1. The van der Waals surface area contributed by atoms with Crippen LogP contribution >= 0.6 is 27.3 Å². The van der Waals surface area contributed by atoms with Gasteiger partial charge in [0.15, 0.2) is 5.78 Å². The standard InChI is InChI=1S/C20H16BrN3O3S/c21-10-3-4-13(25)11(8-10)16-17-12(22-19-18(16)20(27)24-23-19)6-9(7-14(17)26)15-2-1-5-28-15/h1-5,8-9,16,25H,6-7H2,(H3,22,23,24,27)/t9-,16+/m0/s1. The molecule has 0 saturated carbocycles. The minimum atomic E-state index is -0.615. The maximum Gasteiger partial charge on any atom is 0.270 e. The second kappa shape index (κ2) is 6.49. The van der Waals surface area contributed by atoms with E-state index in [-0.39, 0.29) is 23.0 Å². The van der Waals surface area contributed by atoms with Crippen molar-refractivity contribution in [3.05, 3.63) is 77.8 Å². The number of aromatic amines is 2. The molecule has 0 saturated heterocycles. The minimum absolute atomic E-state index is 0.00257. The van der Waals surface area contributed by atoms with Gasteiger partial charge in [0.25, 0.3) is 5.56 Å². The summed E-state index contributed by atoms with van der Waals surface area (Å²) in [6, 6.07) is 9.12. The summed E-state index contributed by atoms with van der Waals surface area (Å²) >= 11 is 5.08. The number of thiophene rings is 1. The molecule has 3 heterocycles. The number of aromatic nitrogens is 2. The van der Waals surface area contributed by atoms with Crippen LogP contribution < -0.4 is 10.9 Å². The quantitative estimate of drug-likeness (QED) is 0.463. The molecular weight excluding hydrogens is 442 g/mol. The summed E-state index contributed by atoms with van der Waals surface area (Å²) in [5.41, 5.74) is 2.04. The van der Waals surface area contributed by atoms with Crippen LogP contribution in [0.4, 0.5) is 5.82 Å². The van der Waals surface area contributed by atoms with Gasteiger partial charge in [-0.2, -0.15) is 0 Å². The number of rotatable bonds is 2. The Morgan fingerprint density at radius 2 is 2.00 bits per heavy atom. The number of aromatic hydroxyl groups is 1. The van der Waals surface area contributed by atoms with Crippen molar-refractivity contribution in [2.45, 2.75) is 24.7 Å². The fourth-order valence-corrected chi connectivity index (χ4v) is 5.42. The fraction of sp³-hybridized carbons (Fsp3) is 0.200. The normalized spacial score (nSPS) is 21.2. The van der Waals surface area contributed by atoms with E-state index >= 15 is 0 Å². The molecule has 0 unspecified atom stereocenters. The topological polar surface area (TPSA) is 98.0 Å². The Balaban J connectivity index is 1.70. The van der Waals surface area contributed by atoms with Gasteiger partial charge < -0.3 is 10.4 Å². The Morgan fingerprint density at radius 1 is 1.14 bits per heavy atom. The van der Waals surface area contributed by atoms with Crippen molar-refractivity contribution in [1.29, 1.82) is 0 Å². The molecule has 0 bridgehead atoms. The zero-order valence-electron chi connectivity index (χ0n) is 14.6. The Bertz CT molecular complexity index is 1180. The van der Waals surface area contributed by atoms with Gasteiger partial charge in [-0.25, -0.2) is 0 Å². The number of H-pyrrole nitrogens is 2. The van der Waals surface area contributed by atoms with Crippen LogP contribution in [0.25, 0.3) is 0 Å². The van der Waals surface area contributed by atoms with Gasteiger partial charge in [-0.15, -0.1) is 11.3 Å². The number of hydrogen-bond donors (Lipinski definition) is 4. The van der Waals surface area contributed by atoms with Crippen molar-refractivity contribution in [2.75, 3.05) is 5.32 Å². The fourth-order valence-electron chi connectivity index (χ4n) is 4.21. The van der Waals surface area contributed by atoms with Crippen molar-refractivity contribution >= 4 is 38.9 Å². The number of benzene rings is 1. The molecule has 2 aliphatic rings. The molecular formula is C20H16BrN3O3S. The number of ketones is 1. The predicted octanol–water partition coefficient (Wildman–Crippen LogP) is 4.19. The van der Waals surface area contributed by atoms with Gasteiger partial charge in [-0.1, -0.05) is 22.0 Å². The number of hydrogen-bond acceptors (Lipinski definition) is 5. The van der Waals surface area contributed by atoms with Crippen LogP contribution in [0.1, 0.15) is 40.7 Å². The first-order valence-corrected chi connectivity index (χ1v) is 10.6. The molecule has 1 aliphatic carbocycles. The van der Waals surface area contributed by atoms with E-state index in [0.717, 1.165) is 10.2 Å². The number of anilines is 1. The number of Topliss-reactive ketones (excluding diaryl/α,β-unsaturated/α-hetero) is 1. The lowest BCUT2D eigenvalue weighted by Gasteiger charge is -2.34. The molecule has 1 aliphatic heterocycles. The van der Waals surface area contributed by atoms with Gasteiger partial charge in [-0.3, -0.25) is 19.8 Å². The molecule has 5 rings (SSSR count). The van der Waals surface area contributed by atoms with Crippen LogP contribution in [0.15, 0.2) is 56.2 Å². The predicted molar refractivity (Wildman–Crippen MR) is 111 cm³/mol. The molecule has 8 heteroatoms. The highest BCUT2D eigenvalue weighted by Gasteiger charge is 2.41. The lowest BCUT2D eigenvalue weighted by atomic mass is 9.73. The molecule has 2 aromatic heterocycles. The summed E-state index contributed by atoms with van der Waals surface area (Å²) in [7, 11) is 0. The Kier molecular flexibility index (Phi) is 4.06. The lowest BCUT2D eigenvalue weighted by Crippen LogP contribution is -2.31. The second-order valence-corrected chi connectivity index (χ2v) is 8.96. The average Bonchev–Trinajstić information content (AvgIpc) is 3.33. The third kappa shape index (κ3) is 2.67. The van der Waals surface area contributed by atoms with Gasteiger partial charge in [0.1, 0.15) is 11.6 Å². The van der Waals surface area contributed by atoms with Crippen LogP contribution in [0.5, 0.6) is 5.75 Å². The molecule has 1 aromatic carbocycles. The van der Waals surface area contributed by atoms with Crippen LogP contribution in [-0.2, 0) is 4.79 Å². The first-order chi connectivity index (χ1) is 13.5. The number of phenolic OH excluding ortho intramolecular Hbond substituents is 1. The zero-order valence-corrected chi connectivity index (χ0v) is 17.0. The molecule has 0 spiro atoms. The number of halogens is 1. The largest absolute Gasteiger partial charge is 0.508 e. The number of allylic oxidation sites excluding steroid dienone is 2. The molecule has 0 radical (unpaired) electrons. The van der Waals surface area contributed by atoms with E-state index in [9.17, 15) is 14.7 Å². The molecule has 142 valence electrons. The van der Waals surface area contributed by atoms with Crippen LogP contribution in [0.2, 0.25) is 0 Å². The Hall–Kier alpha value is -2.58. The lowest BCUT2D eigenvalue weighted by molar-refractivity contribution is -0.116. The van der Waals surface area contributed by atoms with E-state index in [1.807, 2.05) is 11.4 Å². The molecule has 0 fully saturated rings. The minimum Gasteiger partial charge on any atom is -0.508 e. The van der Waals surface area contributed by atoms with Gasteiger partial charge in [0.2, 0.25) is 0 Å². The highest BCUT2D eigenvalue weighted by Crippen LogP contribution is 2.48. The van der Waals surface area contributed by atoms with E-state index in [4.69, 9.17) is 0 Å². The highest BCUT2D eigenvalue weighted by molar-refractivity contribution is 9.10. The summed E-state index contributed by atoms with van der Waals surface area (Å²) in [6.07, 6.45) is 1.07. The summed E-state index contributed by atoms with van der Waals surface area (Å²) in [5.74, 6) is 0.107. The first kappa shape index (κ1) is 17.5. The van der Waals surface area contributed by atoms with Crippen molar-refractivity contribution in [2.24, 2.45) is 0 Å². The Labute approximate surface area is 172 Å². The Morgan fingerprint density at radius 3 is 2.79 bits per heavy atom. The van der Waals surface area contributed by atoms with Crippen LogP contribution in [0, 0.1) is 0 Å².